The maximum absolute atomic E-state index is 12.7. The minimum atomic E-state index is -2.74. The van der Waals surface area contributed by atoms with Crippen LogP contribution in [0.25, 0.3) is 11.0 Å². The zero-order chi connectivity index (χ0) is 32.0. The molecule has 0 spiro atoms. The summed E-state index contributed by atoms with van der Waals surface area (Å²) in [6.07, 6.45) is 0.687. The Balaban J connectivity index is 0.000000331. The number of fused-ring (bicyclic) bond motifs is 1. The first kappa shape index (κ1) is 33.4. The number of rotatable bonds is 12. The highest BCUT2D eigenvalue weighted by Crippen LogP contribution is 2.40. The van der Waals surface area contributed by atoms with E-state index in [0.717, 1.165) is 36.2 Å². The number of pyridine rings is 1. The van der Waals surface area contributed by atoms with E-state index in [1.165, 1.54) is 5.56 Å². The van der Waals surface area contributed by atoms with Crippen LogP contribution in [0.5, 0.6) is 0 Å². The first-order chi connectivity index (χ1) is 20.1. The first-order valence-corrected chi connectivity index (χ1v) is 14.0. The van der Waals surface area contributed by atoms with Crippen LogP contribution in [-0.2, 0) is 31.2 Å². The summed E-state index contributed by atoms with van der Waals surface area (Å²) in [5.74, 6) is -5.02. The van der Waals surface area contributed by atoms with Crippen molar-refractivity contribution in [2.45, 2.75) is 64.6 Å². The second-order valence-electron chi connectivity index (χ2n) is 11.6. The van der Waals surface area contributed by atoms with Crippen LogP contribution in [0, 0.1) is 12.3 Å². The van der Waals surface area contributed by atoms with Gasteiger partial charge in [0.2, 0.25) is 0 Å². The third-order valence-electron chi connectivity index (χ3n) is 7.92. The van der Waals surface area contributed by atoms with Gasteiger partial charge in [-0.1, -0.05) is 18.2 Å². The van der Waals surface area contributed by atoms with Crippen LogP contribution in [0.2, 0.25) is 0 Å². The number of para-hydroxylation sites is 2. The minimum absolute atomic E-state index is 0.0486. The lowest BCUT2D eigenvalue weighted by Gasteiger charge is -2.38. The molecule has 2 aromatic heterocycles. The molecule has 1 atom stereocenters. The van der Waals surface area contributed by atoms with Gasteiger partial charge in [-0.2, -0.15) is 0 Å². The van der Waals surface area contributed by atoms with Crippen molar-refractivity contribution < 1.29 is 39.5 Å². The molecular formula is C30H40N4O9. The average Bonchev–Trinajstić information content (AvgIpc) is 3.49. The molecule has 1 aliphatic rings. The van der Waals surface area contributed by atoms with Gasteiger partial charge >= 0.3 is 23.6 Å². The fourth-order valence-corrected chi connectivity index (χ4v) is 5.35. The second kappa shape index (κ2) is 13.5. The highest BCUT2D eigenvalue weighted by atomic mass is 16.5. The third kappa shape index (κ3) is 8.06. The lowest BCUT2D eigenvalue weighted by Crippen LogP contribution is -2.44. The molecule has 1 aliphatic heterocycles. The number of hydrogen-bond acceptors (Lipinski definition) is 8. The summed E-state index contributed by atoms with van der Waals surface area (Å²) in [7, 11) is 0. The number of aliphatic carboxylic acids is 3. The Kier molecular flexibility index (Phi) is 10.5. The van der Waals surface area contributed by atoms with E-state index in [1.54, 1.807) is 0 Å². The number of likely N-dealkylation sites (tertiary alicyclic amines) is 1. The Morgan fingerprint density at radius 3 is 2.28 bits per heavy atom. The maximum Gasteiger partial charge on any atom is 0.336 e. The quantitative estimate of drug-likeness (QED) is 0.205. The summed E-state index contributed by atoms with van der Waals surface area (Å²) in [4.78, 5) is 53.2. The molecule has 0 aliphatic carbocycles. The molecule has 5 N–H and O–H groups in total. The number of carboxylic acids is 3. The molecule has 1 saturated heterocycles. The zero-order valence-electron chi connectivity index (χ0n) is 24.9. The summed E-state index contributed by atoms with van der Waals surface area (Å²) in [6.45, 7) is 12.4. The molecule has 13 nitrogen and oxygen atoms in total. The number of aryl methyl sites for hydroxylation is 1. The third-order valence-corrected chi connectivity index (χ3v) is 7.92. The molecular weight excluding hydrogens is 560 g/mol. The highest BCUT2D eigenvalue weighted by Gasteiger charge is 2.45. The number of aromatic nitrogens is 3. The molecule has 3 aromatic rings. The zero-order valence-corrected chi connectivity index (χ0v) is 24.9. The van der Waals surface area contributed by atoms with Crippen LogP contribution >= 0.6 is 0 Å². The Labute approximate surface area is 248 Å². The van der Waals surface area contributed by atoms with Crippen molar-refractivity contribution in [2.24, 2.45) is 5.41 Å². The molecule has 3 heterocycles. The molecule has 234 valence electrons. The van der Waals surface area contributed by atoms with Gasteiger partial charge in [0, 0.05) is 42.5 Å². The molecule has 1 fully saturated rings. The summed E-state index contributed by atoms with van der Waals surface area (Å²) >= 11 is 0. The highest BCUT2D eigenvalue weighted by molar-refractivity contribution is 5.88. The number of aliphatic hydroxyl groups is 1. The number of nitrogens with one attached hydrogen (secondary N) is 1. The van der Waals surface area contributed by atoms with Crippen LogP contribution in [0.15, 0.2) is 47.4 Å². The Morgan fingerprint density at radius 1 is 1.07 bits per heavy atom. The monoisotopic (exact) mass is 600 g/mol. The number of ether oxygens (including phenoxy) is 1. The smallest absolute Gasteiger partial charge is 0.336 e. The van der Waals surface area contributed by atoms with Gasteiger partial charge in [0.1, 0.15) is 0 Å². The first-order valence-electron chi connectivity index (χ1n) is 14.0. The molecule has 0 radical (unpaired) electrons. The van der Waals surface area contributed by atoms with Crippen LogP contribution in [0.4, 0.5) is 0 Å². The van der Waals surface area contributed by atoms with Gasteiger partial charge in [-0.15, -0.1) is 0 Å². The molecule has 1 aromatic carbocycles. The van der Waals surface area contributed by atoms with Crippen molar-refractivity contribution in [2.75, 3.05) is 26.3 Å². The van der Waals surface area contributed by atoms with Gasteiger partial charge < -0.3 is 30.1 Å². The number of hydrogen-bond donors (Lipinski definition) is 5. The van der Waals surface area contributed by atoms with Gasteiger partial charge in [-0.3, -0.25) is 24.0 Å². The Hall–Kier alpha value is -4.07. The molecule has 13 heteroatoms. The van der Waals surface area contributed by atoms with Crippen LogP contribution in [-0.4, -0.2) is 89.7 Å². The van der Waals surface area contributed by atoms with Crippen molar-refractivity contribution in [1.29, 1.82) is 0 Å². The lowest BCUT2D eigenvalue weighted by molar-refractivity contribution is -0.170. The van der Waals surface area contributed by atoms with Gasteiger partial charge in [-0.25, -0.2) is 9.59 Å². The molecule has 1 unspecified atom stereocenters. The van der Waals surface area contributed by atoms with Gasteiger partial charge in [0.05, 0.1) is 30.5 Å². The number of nitrogens with zero attached hydrogens (tertiary/aromatic N) is 3. The van der Waals surface area contributed by atoms with Crippen molar-refractivity contribution in [3.8, 4) is 0 Å². The second-order valence-corrected chi connectivity index (χ2v) is 11.6. The summed E-state index contributed by atoms with van der Waals surface area (Å²) in [6, 6.07) is 12.2. The molecule has 43 heavy (non-hydrogen) atoms. The van der Waals surface area contributed by atoms with Crippen LogP contribution in [0.1, 0.15) is 51.3 Å². The van der Waals surface area contributed by atoms with E-state index in [0.29, 0.717) is 19.8 Å². The number of aromatic amines is 1. The predicted molar refractivity (Wildman–Crippen MR) is 157 cm³/mol. The van der Waals surface area contributed by atoms with Crippen molar-refractivity contribution in [3.63, 3.8) is 0 Å². The fraction of sp³-hybridized carbons (Fsp3) is 0.500. The van der Waals surface area contributed by atoms with E-state index in [9.17, 15) is 19.2 Å². The fourth-order valence-electron chi connectivity index (χ4n) is 5.35. The van der Waals surface area contributed by atoms with E-state index >= 15 is 0 Å². The minimum Gasteiger partial charge on any atom is -0.481 e. The van der Waals surface area contributed by atoms with Gasteiger partial charge in [-0.05, 0) is 64.4 Å². The van der Waals surface area contributed by atoms with Gasteiger partial charge in [0.15, 0.2) is 5.60 Å². The van der Waals surface area contributed by atoms with E-state index in [-0.39, 0.29) is 16.6 Å². The predicted octanol–water partition coefficient (Wildman–Crippen LogP) is 2.45. The molecule has 0 amide bonds. The van der Waals surface area contributed by atoms with Crippen molar-refractivity contribution in [3.05, 3.63) is 64.3 Å². The van der Waals surface area contributed by atoms with E-state index in [1.807, 2.05) is 48.9 Å². The average molecular weight is 601 g/mol. The molecule has 0 bridgehead atoms. The maximum atomic E-state index is 12.7. The largest absolute Gasteiger partial charge is 0.481 e. The number of H-pyrrole nitrogens is 1. The van der Waals surface area contributed by atoms with E-state index in [4.69, 9.17) is 25.2 Å². The van der Waals surface area contributed by atoms with E-state index in [2.05, 4.69) is 40.8 Å². The van der Waals surface area contributed by atoms with E-state index < -0.39 is 36.4 Å². The van der Waals surface area contributed by atoms with Crippen molar-refractivity contribution in [1.82, 2.24) is 19.4 Å². The normalized spacial score (nSPS) is 17.4. The molecule has 0 saturated carbocycles. The number of carboxylic acid groups (broad SMARTS) is 3. The topological polar surface area (TPSA) is 195 Å². The van der Waals surface area contributed by atoms with Crippen molar-refractivity contribution >= 4 is 28.9 Å². The van der Waals surface area contributed by atoms with Crippen LogP contribution < -0.4 is 5.69 Å². The Bertz CT molecular complexity index is 1480. The van der Waals surface area contributed by atoms with Crippen LogP contribution in [0.3, 0.4) is 0 Å². The SMILES string of the molecule is CCOCC1(Cn2c(=O)[nH]c3ccccc32)CCN(C(C)(C)c2ccc(C)nc2)C1.O=C(O)CC(O)(CC(=O)O)C(=O)O. The lowest BCUT2D eigenvalue weighted by atomic mass is 9.87. The number of imidazole rings is 1. The summed E-state index contributed by atoms with van der Waals surface area (Å²) in [5.41, 5.74) is 1.05. The summed E-state index contributed by atoms with van der Waals surface area (Å²) in [5, 5.41) is 33.8. The molecule has 4 rings (SSSR count). The Morgan fingerprint density at radius 2 is 1.72 bits per heavy atom. The number of carbonyl (C=O) groups is 3. The summed E-state index contributed by atoms with van der Waals surface area (Å²) < 4.78 is 7.83. The standard InChI is InChI=1S/C24H32N4O2.C6H8O7/c1-5-30-17-24(16-28-21-9-7-6-8-20(21)26-22(28)29)12-13-27(15-24)23(3,4)19-11-10-18(2)25-14-19;7-3(8)1-6(13,5(11)12)2-4(9)10/h6-11,14H,5,12-13,15-17H2,1-4H3,(H,26,29);13H,1-2H2,(H,7,8)(H,9,10)(H,11,12). The number of benzene rings is 1. The van der Waals surface area contributed by atoms with Gasteiger partial charge in [0.25, 0.3) is 0 Å².